The quantitative estimate of drug-likeness (QED) is 0.155. The molecule has 0 unspecified atom stereocenters. The van der Waals surface area contributed by atoms with Gasteiger partial charge in [0.25, 0.3) is 5.69 Å². The van der Waals surface area contributed by atoms with E-state index in [1.165, 1.54) is 29.2 Å². The van der Waals surface area contributed by atoms with E-state index in [0.29, 0.717) is 18.4 Å². The van der Waals surface area contributed by atoms with Gasteiger partial charge in [-0.25, -0.2) is 4.79 Å². The fourth-order valence-electron chi connectivity index (χ4n) is 2.70. The van der Waals surface area contributed by atoms with Crippen molar-refractivity contribution in [3.05, 3.63) is 61.8 Å². The van der Waals surface area contributed by atoms with Crippen molar-refractivity contribution in [1.82, 2.24) is 4.90 Å². The molecule has 1 saturated heterocycles. The summed E-state index contributed by atoms with van der Waals surface area (Å²) >= 11 is 0. The van der Waals surface area contributed by atoms with E-state index < -0.39 is 10.9 Å². The van der Waals surface area contributed by atoms with E-state index in [9.17, 15) is 19.7 Å². The molecule has 2 heterocycles. The molecule has 1 aromatic rings. The van der Waals surface area contributed by atoms with Gasteiger partial charge in [-0.15, -0.1) is 0 Å². The number of carbonyl (C=O) groups is 2. The number of esters is 1. The Bertz CT molecular complexity index is 809. The molecule has 1 aromatic carbocycles. The molecule has 0 aromatic heterocycles. The first-order valence-corrected chi connectivity index (χ1v) is 7.02. The second-order valence-electron chi connectivity index (χ2n) is 5.31. The molecule has 0 spiro atoms. The molecule has 1 amide bonds. The molecule has 10 nitrogen and oxygen atoms in total. The van der Waals surface area contributed by atoms with Crippen molar-refractivity contribution >= 4 is 17.6 Å². The third-order valence-corrected chi connectivity index (χ3v) is 3.86. The van der Waals surface area contributed by atoms with Gasteiger partial charge in [-0.2, -0.15) is 0 Å². The van der Waals surface area contributed by atoms with Gasteiger partial charge < -0.3 is 9.64 Å². The van der Waals surface area contributed by atoms with Crippen LogP contribution in [-0.4, -0.2) is 27.7 Å². The molecule has 2 aliphatic heterocycles. The summed E-state index contributed by atoms with van der Waals surface area (Å²) in [5.41, 5.74) is 9.25. The number of azide groups is 1. The van der Waals surface area contributed by atoms with Gasteiger partial charge in [0, 0.05) is 35.2 Å². The minimum atomic E-state index is -0.758. The Kier molecular flexibility index (Phi) is 3.88. The van der Waals surface area contributed by atoms with Crippen molar-refractivity contribution in [3.63, 3.8) is 0 Å². The lowest BCUT2D eigenvalue weighted by molar-refractivity contribution is -0.384. The lowest BCUT2D eigenvalue weighted by atomic mass is 10.0. The second kappa shape index (κ2) is 6.01. The Morgan fingerprint density at radius 3 is 2.71 bits per heavy atom. The van der Waals surface area contributed by atoms with Crippen LogP contribution in [0.25, 0.3) is 10.4 Å². The zero-order chi connectivity index (χ0) is 17.3. The van der Waals surface area contributed by atoms with Crippen molar-refractivity contribution in [2.45, 2.75) is 25.5 Å². The number of carbonyl (C=O) groups excluding carboxylic acids is 2. The van der Waals surface area contributed by atoms with Crippen LogP contribution in [0.15, 0.2) is 40.8 Å². The van der Waals surface area contributed by atoms with E-state index in [1.807, 2.05) is 0 Å². The SMILES string of the molecule is [N-]=[N+]=NC1=C(C(=O)OCc2ccc([N+](=O)[O-])cc2)N2C(=O)C[C@H]2C1. The summed E-state index contributed by atoms with van der Waals surface area (Å²) in [5.74, 6) is -0.975. The van der Waals surface area contributed by atoms with E-state index in [4.69, 9.17) is 10.3 Å². The first-order valence-electron chi connectivity index (χ1n) is 7.02. The molecular formula is C14H11N5O5. The highest BCUT2D eigenvalue weighted by Crippen LogP contribution is 2.39. The Morgan fingerprint density at radius 2 is 2.12 bits per heavy atom. The Hall–Kier alpha value is -3.39. The Balaban J connectivity index is 1.71. The van der Waals surface area contributed by atoms with Gasteiger partial charge in [-0.1, -0.05) is 5.11 Å². The zero-order valence-electron chi connectivity index (χ0n) is 12.3. The summed E-state index contributed by atoms with van der Waals surface area (Å²) in [6.07, 6.45) is 0.640. The van der Waals surface area contributed by atoms with Crippen LogP contribution in [0.5, 0.6) is 0 Å². The number of nitro benzene ring substituents is 1. The molecule has 24 heavy (non-hydrogen) atoms. The van der Waals surface area contributed by atoms with Crippen LogP contribution in [0.2, 0.25) is 0 Å². The van der Waals surface area contributed by atoms with Gasteiger partial charge in [0.15, 0.2) is 0 Å². The van der Waals surface area contributed by atoms with Crippen LogP contribution in [0.3, 0.4) is 0 Å². The van der Waals surface area contributed by atoms with Gasteiger partial charge >= 0.3 is 5.97 Å². The van der Waals surface area contributed by atoms with Crippen molar-refractivity contribution in [3.8, 4) is 0 Å². The predicted octanol–water partition coefficient (Wildman–Crippen LogP) is 2.16. The minimum absolute atomic E-state index is 0.0176. The number of benzene rings is 1. The molecule has 0 bridgehead atoms. The first-order chi connectivity index (χ1) is 11.5. The van der Waals surface area contributed by atoms with Crippen LogP contribution in [0.1, 0.15) is 18.4 Å². The molecule has 0 N–H and O–H groups in total. The third-order valence-electron chi connectivity index (χ3n) is 3.86. The molecule has 0 aliphatic carbocycles. The standard InChI is InChI=1S/C14H11N5O5/c15-17-16-11-5-10-6-12(20)18(10)13(11)14(21)24-7-8-1-3-9(4-2-8)19(22)23/h1-4,10H,5-7H2/t10-/m1/s1. The predicted molar refractivity (Wildman–Crippen MR) is 78.9 cm³/mol. The van der Waals surface area contributed by atoms with Crippen LogP contribution < -0.4 is 0 Å². The van der Waals surface area contributed by atoms with Crippen molar-refractivity contribution in [1.29, 1.82) is 0 Å². The Labute approximate surface area is 135 Å². The van der Waals surface area contributed by atoms with Crippen LogP contribution >= 0.6 is 0 Å². The number of ether oxygens (including phenoxy) is 1. The lowest BCUT2D eigenvalue weighted by Crippen LogP contribution is -2.49. The number of rotatable bonds is 5. The van der Waals surface area contributed by atoms with Gasteiger partial charge in [-0.05, 0) is 29.6 Å². The number of nitrogens with zero attached hydrogens (tertiary/aromatic N) is 5. The van der Waals surface area contributed by atoms with Crippen LogP contribution in [-0.2, 0) is 20.9 Å². The van der Waals surface area contributed by atoms with Crippen molar-refractivity contribution in [2.24, 2.45) is 5.11 Å². The van der Waals surface area contributed by atoms with Gasteiger partial charge in [0.05, 0.1) is 4.92 Å². The summed E-state index contributed by atoms with van der Waals surface area (Å²) < 4.78 is 5.15. The topological polar surface area (TPSA) is 139 Å². The van der Waals surface area contributed by atoms with E-state index in [-0.39, 0.29) is 35.6 Å². The summed E-state index contributed by atoms with van der Waals surface area (Å²) in [6.45, 7) is -0.115. The number of fused-ring (bicyclic) bond motifs is 1. The zero-order valence-corrected chi connectivity index (χ0v) is 12.3. The molecule has 1 fully saturated rings. The maximum atomic E-state index is 12.2. The number of amides is 1. The highest BCUT2D eigenvalue weighted by molar-refractivity contribution is 5.99. The Morgan fingerprint density at radius 1 is 1.42 bits per heavy atom. The third kappa shape index (κ3) is 2.66. The summed E-state index contributed by atoms with van der Waals surface area (Å²) in [6, 6.07) is 5.40. The van der Waals surface area contributed by atoms with Gasteiger partial charge in [-0.3, -0.25) is 14.9 Å². The van der Waals surface area contributed by atoms with Crippen LogP contribution in [0.4, 0.5) is 5.69 Å². The summed E-state index contributed by atoms with van der Waals surface area (Å²) in [4.78, 5) is 37.9. The molecule has 2 aliphatic rings. The number of β-lactam (4-membered cyclic amide) rings is 1. The number of nitro groups is 1. The summed E-state index contributed by atoms with van der Waals surface area (Å²) in [5, 5.41) is 14.1. The maximum Gasteiger partial charge on any atom is 0.355 e. The van der Waals surface area contributed by atoms with Gasteiger partial charge in [0.2, 0.25) is 5.91 Å². The average Bonchev–Trinajstić information content (AvgIpc) is 2.85. The lowest BCUT2D eigenvalue weighted by Gasteiger charge is -2.35. The van der Waals surface area contributed by atoms with E-state index >= 15 is 0 Å². The van der Waals surface area contributed by atoms with Crippen LogP contribution in [0, 0.1) is 10.1 Å². The monoisotopic (exact) mass is 329 g/mol. The van der Waals surface area contributed by atoms with Crippen molar-refractivity contribution < 1.29 is 19.2 Å². The van der Waals surface area contributed by atoms with E-state index in [1.54, 1.807) is 0 Å². The average molecular weight is 329 g/mol. The minimum Gasteiger partial charge on any atom is -0.456 e. The fourth-order valence-corrected chi connectivity index (χ4v) is 2.70. The normalized spacial score (nSPS) is 18.6. The fraction of sp³-hybridized carbons (Fsp3) is 0.286. The second-order valence-corrected chi connectivity index (χ2v) is 5.31. The van der Waals surface area contributed by atoms with E-state index in [0.717, 1.165) is 0 Å². The number of hydrogen-bond acceptors (Lipinski definition) is 6. The summed E-state index contributed by atoms with van der Waals surface area (Å²) in [7, 11) is 0. The van der Waals surface area contributed by atoms with Crippen molar-refractivity contribution in [2.75, 3.05) is 0 Å². The molecule has 122 valence electrons. The largest absolute Gasteiger partial charge is 0.456 e. The number of hydrogen-bond donors (Lipinski definition) is 0. The first kappa shape index (κ1) is 15.5. The number of non-ortho nitro benzene ring substituents is 1. The molecular weight excluding hydrogens is 318 g/mol. The van der Waals surface area contributed by atoms with E-state index in [2.05, 4.69) is 10.0 Å². The molecule has 1 atom stereocenters. The highest BCUT2D eigenvalue weighted by Gasteiger charge is 2.47. The highest BCUT2D eigenvalue weighted by atomic mass is 16.6. The maximum absolute atomic E-state index is 12.2. The molecule has 0 radical (unpaired) electrons. The molecule has 3 rings (SSSR count). The molecule has 0 saturated carbocycles. The molecule has 10 heteroatoms. The van der Waals surface area contributed by atoms with Gasteiger partial charge in [0.1, 0.15) is 12.3 Å². The smallest absolute Gasteiger partial charge is 0.355 e.